The van der Waals surface area contributed by atoms with Crippen LogP contribution in [0, 0.1) is 0 Å². The van der Waals surface area contributed by atoms with Crippen molar-refractivity contribution in [2.24, 2.45) is 0 Å². The van der Waals surface area contributed by atoms with Crippen molar-refractivity contribution in [3.05, 3.63) is 29.0 Å². The lowest BCUT2D eigenvalue weighted by Gasteiger charge is -2.25. The lowest BCUT2D eigenvalue weighted by Crippen LogP contribution is -2.30. The molecule has 3 nitrogen and oxygen atoms in total. The van der Waals surface area contributed by atoms with E-state index in [2.05, 4.69) is 25.9 Å². The van der Waals surface area contributed by atoms with Crippen LogP contribution in [-0.4, -0.2) is 28.4 Å². The highest BCUT2D eigenvalue weighted by Gasteiger charge is 2.20. The predicted molar refractivity (Wildman–Crippen MR) is 67.7 cm³/mol. The molecule has 0 bridgehead atoms. The van der Waals surface area contributed by atoms with Gasteiger partial charge < -0.3 is 4.74 Å². The molecule has 0 atom stereocenters. The van der Waals surface area contributed by atoms with Crippen molar-refractivity contribution in [3.63, 3.8) is 0 Å². The molecule has 3 rings (SSSR count). The second kappa shape index (κ2) is 4.31. The molecule has 0 aliphatic carbocycles. The van der Waals surface area contributed by atoms with E-state index in [1.54, 1.807) is 0 Å². The smallest absolute Gasteiger partial charge is 0.102 e. The Morgan fingerprint density at radius 2 is 2.25 bits per heavy atom. The Kier molecular flexibility index (Phi) is 2.83. The quantitative estimate of drug-likeness (QED) is 0.854. The monoisotopic (exact) mass is 296 g/mol. The van der Waals surface area contributed by atoms with E-state index in [-0.39, 0.29) is 0 Å². The topological polar surface area (TPSA) is 35.0 Å². The van der Waals surface area contributed by atoms with Crippen LogP contribution in [0.5, 0.6) is 0 Å². The van der Waals surface area contributed by atoms with Gasteiger partial charge in [0.25, 0.3) is 0 Å². The van der Waals surface area contributed by atoms with E-state index in [1.165, 1.54) is 4.90 Å². The number of hydrogen-bond donors (Lipinski definition) is 0. The zero-order valence-electron chi connectivity index (χ0n) is 8.39. The van der Waals surface area contributed by atoms with Gasteiger partial charge in [-0.3, -0.25) is 9.97 Å². The number of aromatic nitrogens is 2. The van der Waals surface area contributed by atoms with E-state index in [9.17, 15) is 0 Å². The Bertz CT molecular complexity index is 530. The van der Waals surface area contributed by atoms with Crippen molar-refractivity contribution in [2.45, 2.75) is 10.1 Å². The Labute approximate surface area is 106 Å². The first-order valence-corrected chi connectivity index (χ1v) is 6.65. The van der Waals surface area contributed by atoms with E-state index in [1.807, 2.05) is 36.3 Å². The van der Waals surface area contributed by atoms with E-state index in [0.717, 1.165) is 28.7 Å². The minimum absolute atomic E-state index is 0.566. The number of rotatable bonds is 2. The lowest BCUT2D eigenvalue weighted by atomic mass is 10.3. The standard InChI is InChI=1S/C11H9BrN2OS/c12-7-3-9-11(14-4-7)10(1-2-13-9)16-8-5-15-6-8/h1-4,8H,5-6H2. The lowest BCUT2D eigenvalue weighted by molar-refractivity contribution is 0.0455. The molecule has 0 saturated carbocycles. The van der Waals surface area contributed by atoms with Crippen LogP contribution in [0.3, 0.4) is 0 Å². The number of thioether (sulfide) groups is 1. The molecule has 0 unspecified atom stereocenters. The van der Waals surface area contributed by atoms with Crippen LogP contribution in [-0.2, 0) is 4.74 Å². The summed E-state index contributed by atoms with van der Waals surface area (Å²) < 4.78 is 6.13. The first kappa shape index (κ1) is 10.5. The normalized spacial score (nSPS) is 16.3. The second-order valence-corrected chi connectivity index (χ2v) is 5.87. The van der Waals surface area contributed by atoms with Gasteiger partial charge in [0.15, 0.2) is 0 Å². The molecule has 1 aliphatic rings. The molecule has 0 aromatic carbocycles. The molecule has 1 aliphatic heterocycles. The average molecular weight is 297 g/mol. The highest BCUT2D eigenvalue weighted by molar-refractivity contribution is 9.10. The summed E-state index contributed by atoms with van der Waals surface area (Å²) in [7, 11) is 0. The summed E-state index contributed by atoms with van der Waals surface area (Å²) in [5, 5.41) is 0.566. The van der Waals surface area contributed by atoms with Crippen molar-refractivity contribution in [2.75, 3.05) is 13.2 Å². The third-order valence-corrected chi connectivity index (χ3v) is 4.03. The number of hydrogen-bond acceptors (Lipinski definition) is 4. The molecule has 0 N–H and O–H groups in total. The van der Waals surface area contributed by atoms with Gasteiger partial charge in [-0.05, 0) is 28.1 Å². The largest absolute Gasteiger partial charge is 0.379 e. The van der Waals surface area contributed by atoms with Gasteiger partial charge in [0.1, 0.15) is 5.52 Å². The SMILES string of the molecule is Brc1cnc2c(SC3COC3)ccnc2c1. The van der Waals surface area contributed by atoms with Gasteiger partial charge in [0.05, 0.1) is 24.0 Å². The summed E-state index contributed by atoms with van der Waals surface area (Å²) in [6.45, 7) is 1.68. The minimum Gasteiger partial charge on any atom is -0.379 e. The average Bonchev–Trinajstić information content (AvgIpc) is 2.23. The van der Waals surface area contributed by atoms with Crippen LogP contribution >= 0.6 is 27.7 Å². The molecule has 2 aromatic heterocycles. The fraction of sp³-hybridized carbons (Fsp3) is 0.273. The van der Waals surface area contributed by atoms with E-state index < -0.39 is 0 Å². The summed E-state index contributed by atoms with van der Waals surface area (Å²) in [6.07, 6.45) is 3.64. The summed E-state index contributed by atoms with van der Waals surface area (Å²) in [5.41, 5.74) is 1.90. The Morgan fingerprint density at radius 3 is 3.00 bits per heavy atom. The Morgan fingerprint density at radius 1 is 1.38 bits per heavy atom. The highest BCUT2D eigenvalue weighted by atomic mass is 79.9. The maximum Gasteiger partial charge on any atom is 0.102 e. The maximum atomic E-state index is 5.17. The van der Waals surface area contributed by atoms with Gasteiger partial charge in [0, 0.05) is 21.8 Å². The van der Waals surface area contributed by atoms with Crippen molar-refractivity contribution >= 4 is 38.7 Å². The van der Waals surface area contributed by atoms with E-state index >= 15 is 0 Å². The van der Waals surface area contributed by atoms with Gasteiger partial charge >= 0.3 is 0 Å². The molecule has 0 spiro atoms. The molecule has 82 valence electrons. The summed E-state index contributed by atoms with van der Waals surface area (Å²) >= 11 is 5.23. The van der Waals surface area contributed by atoms with Gasteiger partial charge in [-0.25, -0.2) is 0 Å². The third kappa shape index (κ3) is 1.95. The van der Waals surface area contributed by atoms with Crippen LogP contribution in [0.1, 0.15) is 0 Å². The zero-order valence-corrected chi connectivity index (χ0v) is 10.8. The zero-order chi connectivity index (χ0) is 11.0. The molecule has 0 radical (unpaired) electrons. The van der Waals surface area contributed by atoms with Gasteiger partial charge in [0.2, 0.25) is 0 Å². The van der Waals surface area contributed by atoms with Crippen molar-refractivity contribution in [1.29, 1.82) is 0 Å². The number of ether oxygens (including phenoxy) is 1. The molecular formula is C11H9BrN2OS. The van der Waals surface area contributed by atoms with Crippen molar-refractivity contribution in [3.8, 4) is 0 Å². The van der Waals surface area contributed by atoms with Crippen LogP contribution in [0.4, 0.5) is 0 Å². The van der Waals surface area contributed by atoms with E-state index in [0.29, 0.717) is 5.25 Å². The molecule has 2 aromatic rings. The van der Waals surface area contributed by atoms with Gasteiger partial charge in [-0.2, -0.15) is 0 Å². The number of nitrogens with zero attached hydrogens (tertiary/aromatic N) is 2. The molecule has 3 heterocycles. The summed E-state index contributed by atoms with van der Waals surface area (Å²) in [4.78, 5) is 9.92. The molecule has 0 amide bonds. The molecule has 5 heteroatoms. The fourth-order valence-electron chi connectivity index (χ4n) is 1.54. The minimum atomic E-state index is 0.566. The van der Waals surface area contributed by atoms with Crippen molar-refractivity contribution in [1.82, 2.24) is 9.97 Å². The maximum absolute atomic E-state index is 5.17. The molecule has 1 saturated heterocycles. The first-order valence-electron chi connectivity index (χ1n) is 4.97. The first-order chi connectivity index (χ1) is 7.83. The Balaban J connectivity index is 2.02. The summed E-state index contributed by atoms with van der Waals surface area (Å²) in [6, 6.07) is 4.01. The van der Waals surface area contributed by atoms with Crippen molar-refractivity contribution < 1.29 is 4.74 Å². The molecule has 1 fully saturated rings. The van der Waals surface area contributed by atoms with Crippen LogP contribution in [0.25, 0.3) is 11.0 Å². The highest BCUT2D eigenvalue weighted by Crippen LogP contribution is 2.32. The summed E-state index contributed by atoms with van der Waals surface area (Å²) in [5.74, 6) is 0. The fourth-order valence-corrected chi connectivity index (χ4v) is 2.95. The number of pyridine rings is 2. The number of fused-ring (bicyclic) bond motifs is 1. The number of halogens is 1. The van der Waals surface area contributed by atoms with Crippen LogP contribution in [0.15, 0.2) is 33.9 Å². The Hall–Kier alpha value is -0.650. The van der Waals surface area contributed by atoms with Crippen LogP contribution in [0.2, 0.25) is 0 Å². The van der Waals surface area contributed by atoms with E-state index in [4.69, 9.17) is 4.74 Å². The third-order valence-electron chi connectivity index (χ3n) is 2.41. The van der Waals surface area contributed by atoms with Crippen LogP contribution < -0.4 is 0 Å². The van der Waals surface area contributed by atoms with Gasteiger partial charge in [-0.15, -0.1) is 11.8 Å². The predicted octanol–water partition coefficient (Wildman–Crippen LogP) is 2.88. The second-order valence-electron chi connectivity index (χ2n) is 3.61. The van der Waals surface area contributed by atoms with Gasteiger partial charge in [-0.1, -0.05) is 0 Å². The molecular weight excluding hydrogens is 288 g/mol. The molecule has 16 heavy (non-hydrogen) atoms.